The number of thioether (sulfide) groups is 1. The molecule has 1 atom stereocenters. The molecule has 0 aliphatic carbocycles. The monoisotopic (exact) mass is 163 g/mol. The lowest BCUT2D eigenvalue weighted by Crippen LogP contribution is -2.18. The van der Waals surface area contributed by atoms with Crippen molar-refractivity contribution >= 4 is 11.8 Å². The van der Waals surface area contributed by atoms with Crippen LogP contribution in [0.4, 0.5) is 0 Å². The summed E-state index contributed by atoms with van der Waals surface area (Å²) in [5, 5.41) is 8.74. The molecule has 0 aliphatic heterocycles. The number of hydrogen-bond acceptors (Lipinski definition) is 3. The second kappa shape index (κ2) is 7.38. The van der Waals surface area contributed by atoms with Crippen LogP contribution in [0.2, 0.25) is 0 Å². The fourth-order valence-corrected chi connectivity index (χ4v) is 1.26. The van der Waals surface area contributed by atoms with Gasteiger partial charge in [-0.3, -0.25) is 0 Å². The number of rotatable bonds is 6. The molecule has 0 aromatic heterocycles. The maximum absolute atomic E-state index is 8.74. The molecule has 10 heavy (non-hydrogen) atoms. The zero-order valence-electron chi connectivity index (χ0n) is 6.55. The second-order valence-electron chi connectivity index (χ2n) is 2.42. The Bertz CT molecular complexity index is 66.6. The minimum Gasteiger partial charge on any atom is -0.396 e. The van der Waals surface area contributed by atoms with Gasteiger partial charge in [-0.15, -0.1) is 0 Å². The van der Waals surface area contributed by atoms with Crippen LogP contribution in [0, 0.1) is 5.92 Å². The third-order valence-corrected chi connectivity index (χ3v) is 2.25. The van der Waals surface area contributed by atoms with Crippen LogP contribution in [-0.2, 0) is 0 Å². The molecule has 62 valence electrons. The predicted molar refractivity (Wildman–Crippen MR) is 47.2 cm³/mol. The number of nitrogens with two attached hydrogens (primary N) is 1. The molecule has 0 amide bonds. The maximum atomic E-state index is 8.74. The molecule has 0 fully saturated rings. The van der Waals surface area contributed by atoms with E-state index in [0.717, 1.165) is 6.42 Å². The van der Waals surface area contributed by atoms with Gasteiger partial charge in [0.1, 0.15) is 0 Å². The van der Waals surface area contributed by atoms with Crippen LogP contribution < -0.4 is 5.73 Å². The highest BCUT2D eigenvalue weighted by Crippen LogP contribution is 2.06. The van der Waals surface area contributed by atoms with E-state index in [0.29, 0.717) is 12.5 Å². The first-order chi connectivity index (χ1) is 4.85. The molecular weight excluding hydrogens is 146 g/mol. The lowest BCUT2D eigenvalue weighted by atomic mass is 10.1. The van der Waals surface area contributed by atoms with Crippen molar-refractivity contribution in [2.75, 3.05) is 25.2 Å². The standard InChI is InChI=1S/C7H17NOS/c1-10-4-2-3-7(5-8)6-9/h7,9H,2-6,8H2,1H3. The molecule has 3 N–H and O–H groups in total. The highest BCUT2D eigenvalue weighted by molar-refractivity contribution is 7.98. The normalized spacial score (nSPS) is 13.5. The van der Waals surface area contributed by atoms with Crippen molar-refractivity contribution in [1.82, 2.24) is 0 Å². The Morgan fingerprint density at radius 3 is 2.70 bits per heavy atom. The molecule has 0 saturated carbocycles. The van der Waals surface area contributed by atoms with Gasteiger partial charge in [-0.1, -0.05) is 0 Å². The van der Waals surface area contributed by atoms with Crippen molar-refractivity contribution in [2.24, 2.45) is 11.7 Å². The molecule has 0 heterocycles. The smallest absolute Gasteiger partial charge is 0.0471 e. The molecule has 0 bridgehead atoms. The Labute approximate surface area is 67.2 Å². The molecule has 0 rings (SSSR count). The van der Waals surface area contributed by atoms with Gasteiger partial charge in [0.15, 0.2) is 0 Å². The van der Waals surface area contributed by atoms with E-state index < -0.39 is 0 Å². The Balaban J connectivity index is 3.09. The van der Waals surface area contributed by atoms with E-state index in [1.807, 2.05) is 11.8 Å². The largest absolute Gasteiger partial charge is 0.396 e. The summed E-state index contributed by atoms with van der Waals surface area (Å²) in [6.07, 6.45) is 4.33. The van der Waals surface area contributed by atoms with E-state index in [4.69, 9.17) is 10.8 Å². The fourth-order valence-electron chi connectivity index (χ4n) is 0.800. The van der Waals surface area contributed by atoms with Gasteiger partial charge in [-0.05, 0) is 37.3 Å². The van der Waals surface area contributed by atoms with Crippen LogP contribution in [0.1, 0.15) is 12.8 Å². The first-order valence-corrected chi connectivity index (χ1v) is 5.04. The molecule has 0 aromatic rings. The van der Waals surface area contributed by atoms with Crippen LogP contribution in [0.25, 0.3) is 0 Å². The number of aliphatic hydroxyl groups is 1. The van der Waals surface area contributed by atoms with Gasteiger partial charge < -0.3 is 10.8 Å². The SMILES string of the molecule is CSCCCC(CN)CO. The van der Waals surface area contributed by atoms with Crippen molar-refractivity contribution in [2.45, 2.75) is 12.8 Å². The van der Waals surface area contributed by atoms with E-state index in [1.165, 1.54) is 12.2 Å². The Kier molecular flexibility index (Phi) is 7.58. The zero-order chi connectivity index (χ0) is 7.82. The number of aliphatic hydroxyl groups excluding tert-OH is 1. The van der Waals surface area contributed by atoms with E-state index in [1.54, 1.807) is 0 Å². The Morgan fingerprint density at radius 2 is 2.30 bits per heavy atom. The van der Waals surface area contributed by atoms with Crippen molar-refractivity contribution < 1.29 is 5.11 Å². The van der Waals surface area contributed by atoms with Crippen LogP contribution >= 0.6 is 11.8 Å². The van der Waals surface area contributed by atoms with Crippen LogP contribution in [0.3, 0.4) is 0 Å². The van der Waals surface area contributed by atoms with E-state index in [2.05, 4.69) is 6.26 Å². The van der Waals surface area contributed by atoms with Gasteiger partial charge in [0.05, 0.1) is 0 Å². The third kappa shape index (κ3) is 5.09. The molecule has 3 heteroatoms. The van der Waals surface area contributed by atoms with Crippen molar-refractivity contribution in [3.63, 3.8) is 0 Å². The van der Waals surface area contributed by atoms with Gasteiger partial charge in [0.2, 0.25) is 0 Å². The van der Waals surface area contributed by atoms with Gasteiger partial charge in [-0.2, -0.15) is 11.8 Å². The quantitative estimate of drug-likeness (QED) is 0.567. The minimum absolute atomic E-state index is 0.241. The van der Waals surface area contributed by atoms with Gasteiger partial charge in [0.25, 0.3) is 0 Å². The van der Waals surface area contributed by atoms with Crippen molar-refractivity contribution in [1.29, 1.82) is 0 Å². The van der Waals surface area contributed by atoms with Crippen LogP contribution in [0.15, 0.2) is 0 Å². The summed E-state index contributed by atoms with van der Waals surface area (Å²) in [4.78, 5) is 0. The highest BCUT2D eigenvalue weighted by atomic mass is 32.2. The Morgan fingerprint density at radius 1 is 1.60 bits per heavy atom. The summed E-state index contributed by atoms with van der Waals surface area (Å²) in [5.41, 5.74) is 5.40. The van der Waals surface area contributed by atoms with E-state index in [-0.39, 0.29) is 6.61 Å². The average Bonchev–Trinajstić information content (AvgIpc) is 1.99. The number of hydrogen-bond donors (Lipinski definition) is 2. The van der Waals surface area contributed by atoms with Gasteiger partial charge >= 0.3 is 0 Å². The summed E-state index contributed by atoms with van der Waals surface area (Å²) in [6.45, 7) is 0.857. The van der Waals surface area contributed by atoms with E-state index >= 15 is 0 Å². The molecule has 1 unspecified atom stereocenters. The summed E-state index contributed by atoms with van der Waals surface area (Å²) >= 11 is 1.84. The lowest BCUT2D eigenvalue weighted by Gasteiger charge is -2.09. The van der Waals surface area contributed by atoms with Crippen molar-refractivity contribution in [3.8, 4) is 0 Å². The third-order valence-electron chi connectivity index (χ3n) is 1.55. The first-order valence-electron chi connectivity index (χ1n) is 3.65. The van der Waals surface area contributed by atoms with Gasteiger partial charge in [-0.25, -0.2) is 0 Å². The fraction of sp³-hybridized carbons (Fsp3) is 1.00. The highest BCUT2D eigenvalue weighted by Gasteiger charge is 2.02. The van der Waals surface area contributed by atoms with Crippen LogP contribution in [-0.4, -0.2) is 30.3 Å². The average molecular weight is 163 g/mol. The van der Waals surface area contributed by atoms with Gasteiger partial charge in [0, 0.05) is 6.61 Å². The summed E-state index contributed by atoms with van der Waals surface area (Å²) in [6, 6.07) is 0. The molecule has 2 nitrogen and oxygen atoms in total. The molecular formula is C7H17NOS. The molecule has 0 saturated heterocycles. The summed E-state index contributed by atoms with van der Waals surface area (Å²) < 4.78 is 0. The van der Waals surface area contributed by atoms with Crippen LogP contribution in [0.5, 0.6) is 0 Å². The van der Waals surface area contributed by atoms with E-state index in [9.17, 15) is 0 Å². The predicted octanol–water partition coefficient (Wildman–Crippen LogP) is 0.697. The first kappa shape index (κ1) is 10.3. The Hall–Kier alpha value is 0.270. The molecule has 0 aromatic carbocycles. The minimum atomic E-state index is 0.241. The topological polar surface area (TPSA) is 46.2 Å². The maximum Gasteiger partial charge on any atom is 0.0471 e. The lowest BCUT2D eigenvalue weighted by molar-refractivity contribution is 0.222. The summed E-state index contributed by atoms with van der Waals surface area (Å²) in [7, 11) is 0. The second-order valence-corrected chi connectivity index (χ2v) is 3.40. The molecule has 0 aliphatic rings. The summed E-state index contributed by atoms with van der Waals surface area (Å²) in [5.74, 6) is 1.50. The zero-order valence-corrected chi connectivity index (χ0v) is 7.36. The molecule has 0 radical (unpaired) electrons. The van der Waals surface area contributed by atoms with Crippen molar-refractivity contribution in [3.05, 3.63) is 0 Å². The molecule has 0 spiro atoms.